The van der Waals surface area contributed by atoms with Crippen molar-refractivity contribution in [2.75, 3.05) is 31.6 Å². The second kappa shape index (κ2) is 12.7. The van der Waals surface area contributed by atoms with E-state index in [-0.39, 0.29) is 24.7 Å². The predicted molar refractivity (Wildman–Crippen MR) is 175 cm³/mol. The first-order chi connectivity index (χ1) is 20.9. The highest BCUT2D eigenvalue weighted by atomic mass is 35.5. The van der Waals surface area contributed by atoms with Crippen LogP contribution in [0.2, 0.25) is 5.02 Å². The molecule has 2 aromatic heterocycles. The second-order valence-electron chi connectivity index (χ2n) is 12.6. The van der Waals surface area contributed by atoms with Crippen LogP contribution in [-0.2, 0) is 16.1 Å². The number of anilines is 1. The quantitative estimate of drug-likeness (QED) is 0.216. The van der Waals surface area contributed by atoms with Crippen molar-refractivity contribution in [3.8, 4) is 22.4 Å². The van der Waals surface area contributed by atoms with Gasteiger partial charge in [0.2, 0.25) is 0 Å². The Morgan fingerprint density at radius 2 is 1.75 bits per heavy atom. The topological polar surface area (TPSA) is 67.8 Å². The summed E-state index contributed by atoms with van der Waals surface area (Å²) in [6.07, 6.45) is -0.332. The molecule has 0 unspecified atom stereocenters. The van der Waals surface area contributed by atoms with E-state index in [0.29, 0.717) is 47.2 Å². The summed E-state index contributed by atoms with van der Waals surface area (Å²) in [5, 5.41) is 1.08. The van der Waals surface area contributed by atoms with E-state index in [1.165, 1.54) is 6.07 Å². The molecule has 232 valence electrons. The maximum absolute atomic E-state index is 15.1. The smallest absolute Gasteiger partial charge is 0.410 e. The highest BCUT2D eigenvalue weighted by Gasteiger charge is 2.33. The lowest BCUT2D eigenvalue weighted by atomic mass is 9.90. The number of amides is 1. The fraction of sp³-hybridized carbons (Fsp3) is 0.400. The van der Waals surface area contributed by atoms with Crippen molar-refractivity contribution in [3.05, 3.63) is 76.7 Å². The molecule has 3 heterocycles. The summed E-state index contributed by atoms with van der Waals surface area (Å²) >= 11 is 6.89. The van der Waals surface area contributed by atoms with Crippen LogP contribution in [-0.4, -0.2) is 59.3 Å². The van der Waals surface area contributed by atoms with Crippen LogP contribution in [0, 0.1) is 5.82 Å². The molecule has 1 fully saturated rings. The molecule has 2 aromatic carbocycles. The number of aromatic nitrogens is 2. The number of carbonyl (C=O) groups is 1. The van der Waals surface area contributed by atoms with Gasteiger partial charge in [0, 0.05) is 49.3 Å². The molecule has 9 heteroatoms. The summed E-state index contributed by atoms with van der Waals surface area (Å²) in [7, 11) is 1.64. The highest BCUT2D eigenvalue weighted by molar-refractivity contribution is 6.34. The number of halogens is 2. The predicted octanol–water partition coefficient (Wildman–Crippen LogP) is 8.47. The lowest BCUT2D eigenvalue weighted by molar-refractivity contribution is 0.0218. The number of carbonyl (C=O) groups excluding carboxylic acids is 1. The standard InChI is InChI=1S/C35H40ClFN4O3/c1-21(2)23-12-8-9-13-24(23)30-29(20-43-7)38-33(41-17-16-40(19-22(41)3)34(42)44-35(4,5)6)26-18-27(36)31(39-32(26)30)25-14-10-11-15-28(25)37/h8-15,18,21-22H,16-17,19-20H2,1-7H3/t22-/m0/s1. The van der Waals surface area contributed by atoms with Crippen molar-refractivity contribution in [1.82, 2.24) is 14.9 Å². The molecule has 7 nitrogen and oxygen atoms in total. The van der Waals surface area contributed by atoms with Crippen LogP contribution >= 0.6 is 11.6 Å². The Morgan fingerprint density at radius 3 is 2.39 bits per heavy atom. The van der Waals surface area contributed by atoms with Crippen LogP contribution < -0.4 is 4.90 Å². The van der Waals surface area contributed by atoms with Gasteiger partial charge in [0.25, 0.3) is 0 Å². The van der Waals surface area contributed by atoms with Crippen molar-refractivity contribution in [2.45, 2.75) is 65.7 Å². The second-order valence-corrected chi connectivity index (χ2v) is 13.0. The van der Waals surface area contributed by atoms with Gasteiger partial charge < -0.3 is 19.3 Å². The van der Waals surface area contributed by atoms with E-state index < -0.39 is 11.4 Å². The van der Waals surface area contributed by atoms with Gasteiger partial charge in [-0.1, -0.05) is 61.8 Å². The number of piperazine rings is 1. The summed E-state index contributed by atoms with van der Waals surface area (Å²) in [5.74, 6) is 0.530. The molecule has 1 atom stereocenters. The van der Waals surface area contributed by atoms with Gasteiger partial charge in [0.05, 0.1) is 28.5 Å². The molecule has 4 aromatic rings. The van der Waals surface area contributed by atoms with E-state index in [9.17, 15) is 4.79 Å². The maximum Gasteiger partial charge on any atom is 0.410 e. The van der Waals surface area contributed by atoms with Crippen LogP contribution in [0.1, 0.15) is 58.7 Å². The van der Waals surface area contributed by atoms with Crippen LogP contribution in [0.15, 0.2) is 54.6 Å². The minimum absolute atomic E-state index is 0.0822. The molecule has 1 aliphatic rings. The van der Waals surface area contributed by atoms with Crippen molar-refractivity contribution in [2.24, 2.45) is 0 Å². The molecular formula is C35H40ClFN4O3. The molecule has 1 amide bonds. The van der Waals surface area contributed by atoms with E-state index >= 15 is 4.39 Å². The van der Waals surface area contributed by atoms with Crippen LogP contribution in [0.4, 0.5) is 15.0 Å². The highest BCUT2D eigenvalue weighted by Crippen LogP contribution is 2.42. The molecule has 0 N–H and O–H groups in total. The molecule has 1 aliphatic heterocycles. The minimum Gasteiger partial charge on any atom is -0.444 e. The fourth-order valence-corrected chi connectivity index (χ4v) is 6.06. The molecule has 0 radical (unpaired) electrons. The normalized spacial score (nSPS) is 15.7. The lowest BCUT2D eigenvalue weighted by Gasteiger charge is -2.41. The number of hydrogen-bond acceptors (Lipinski definition) is 6. The van der Waals surface area contributed by atoms with E-state index in [2.05, 4.69) is 37.8 Å². The minimum atomic E-state index is -0.579. The number of fused-ring (bicyclic) bond motifs is 1. The molecule has 0 saturated carbocycles. The van der Waals surface area contributed by atoms with Crippen LogP contribution in [0.5, 0.6) is 0 Å². The third-order valence-corrected chi connectivity index (χ3v) is 8.08. The zero-order valence-corrected chi connectivity index (χ0v) is 27.2. The Labute approximate surface area is 264 Å². The van der Waals surface area contributed by atoms with Crippen LogP contribution in [0.3, 0.4) is 0 Å². The first-order valence-electron chi connectivity index (χ1n) is 15.0. The van der Waals surface area contributed by atoms with Crippen molar-refractivity contribution in [3.63, 3.8) is 0 Å². The molecule has 44 heavy (non-hydrogen) atoms. The molecule has 1 saturated heterocycles. The number of pyridine rings is 2. The Morgan fingerprint density at radius 1 is 1.07 bits per heavy atom. The lowest BCUT2D eigenvalue weighted by Crippen LogP contribution is -2.55. The zero-order valence-electron chi connectivity index (χ0n) is 26.4. The van der Waals surface area contributed by atoms with Crippen molar-refractivity contribution < 1.29 is 18.7 Å². The number of methoxy groups -OCH3 is 1. The summed E-state index contributed by atoms with van der Waals surface area (Å²) < 4.78 is 26.4. The molecular weight excluding hydrogens is 579 g/mol. The molecule has 5 rings (SSSR count). The van der Waals surface area contributed by atoms with E-state index in [0.717, 1.165) is 27.8 Å². The summed E-state index contributed by atoms with van der Waals surface area (Å²) in [6, 6.07) is 16.5. The van der Waals surface area contributed by atoms with Gasteiger partial charge in [0.15, 0.2) is 0 Å². The fourth-order valence-electron chi connectivity index (χ4n) is 5.81. The van der Waals surface area contributed by atoms with E-state index in [1.807, 2.05) is 39.0 Å². The largest absolute Gasteiger partial charge is 0.444 e. The maximum atomic E-state index is 15.1. The molecule has 0 bridgehead atoms. The average Bonchev–Trinajstić information content (AvgIpc) is 2.96. The number of hydrogen-bond donors (Lipinski definition) is 0. The Balaban J connectivity index is 1.73. The van der Waals surface area contributed by atoms with Gasteiger partial charge in [-0.25, -0.2) is 19.2 Å². The van der Waals surface area contributed by atoms with Crippen LogP contribution in [0.25, 0.3) is 33.3 Å². The SMILES string of the molecule is COCc1nc(N2CCN(C(=O)OC(C)(C)C)C[C@@H]2C)c2cc(Cl)c(-c3ccccc3F)nc2c1-c1ccccc1C(C)C. The summed E-state index contributed by atoms with van der Waals surface area (Å²) in [6.45, 7) is 13.7. The van der Waals surface area contributed by atoms with Gasteiger partial charge in [-0.15, -0.1) is 0 Å². The van der Waals surface area contributed by atoms with Gasteiger partial charge in [0.1, 0.15) is 17.2 Å². The van der Waals surface area contributed by atoms with Gasteiger partial charge in [-0.3, -0.25) is 0 Å². The first kappa shape index (κ1) is 31.7. The third-order valence-electron chi connectivity index (χ3n) is 7.80. The monoisotopic (exact) mass is 618 g/mol. The Hall–Kier alpha value is -3.75. The van der Waals surface area contributed by atoms with Gasteiger partial charge >= 0.3 is 6.09 Å². The molecule has 0 aliphatic carbocycles. The molecule has 0 spiro atoms. The van der Waals surface area contributed by atoms with E-state index in [4.69, 9.17) is 31.0 Å². The van der Waals surface area contributed by atoms with Gasteiger partial charge in [-0.05, 0) is 62.9 Å². The van der Waals surface area contributed by atoms with E-state index in [1.54, 1.807) is 30.2 Å². The summed E-state index contributed by atoms with van der Waals surface area (Å²) in [5.41, 5.74) is 4.48. The van der Waals surface area contributed by atoms with Crippen molar-refractivity contribution in [1.29, 1.82) is 0 Å². The summed E-state index contributed by atoms with van der Waals surface area (Å²) in [4.78, 5) is 27.1. The average molecular weight is 619 g/mol. The van der Waals surface area contributed by atoms with Gasteiger partial charge in [-0.2, -0.15) is 0 Å². The number of nitrogens with zero attached hydrogens (tertiary/aromatic N) is 4. The number of benzene rings is 2. The number of rotatable bonds is 6. The number of ether oxygens (including phenoxy) is 2. The third kappa shape index (κ3) is 6.37. The first-order valence-corrected chi connectivity index (χ1v) is 15.4. The Kier molecular flexibility index (Phi) is 9.14. The Bertz CT molecular complexity index is 1690. The van der Waals surface area contributed by atoms with Crippen molar-refractivity contribution >= 4 is 34.4 Å². The zero-order chi connectivity index (χ0) is 31.8.